The van der Waals surface area contributed by atoms with Crippen LogP contribution in [0.4, 0.5) is 5.69 Å². The van der Waals surface area contributed by atoms with E-state index in [1.165, 1.54) is 11.7 Å². The molecular formula is C27H23N3O7S. The number of thiazole rings is 1. The number of aromatic nitrogens is 1. The van der Waals surface area contributed by atoms with Crippen LogP contribution in [0.15, 0.2) is 69.6 Å². The zero-order chi connectivity index (χ0) is 27.1. The Balaban J connectivity index is 1.79. The predicted molar refractivity (Wildman–Crippen MR) is 139 cm³/mol. The number of aliphatic carboxylic acids is 1. The normalized spacial score (nSPS) is 17.6. The van der Waals surface area contributed by atoms with Crippen molar-refractivity contribution in [1.82, 2.24) is 4.57 Å². The highest BCUT2D eigenvalue weighted by molar-refractivity contribution is 7.07. The van der Waals surface area contributed by atoms with Gasteiger partial charge in [0, 0.05) is 5.56 Å². The third-order valence-corrected chi connectivity index (χ3v) is 7.42. The van der Waals surface area contributed by atoms with Gasteiger partial charge in [-0.2, -0.15) is 0 Å². The first-order chi connectivity index (χ1) is 18.3. The van der Waals surface area contributed by atoms with Gasteiger partial charge in [-0.05, 0) is 37.6 Å². The molecule has 3 heterocycles. The number of amides is 1. The van der Waals surface area contributed by atoms with Crippen LogP contribution in [-0.2, 0) is 19.1 Å². The number of carboxylic acid groups (broad SMARTS) is 1. The molecule has 1 atom stereocenters. The number of nitrogens with zero attached hydrogens (tertiary/aromatic N) is 3. The van der Waals surface area contributed by atoms with Crippen molar-refractivity contribution in [2.45, 2.75) is 19.9 Å². The summed E-state index contributed by atoms with van der Waals surface area (Å²) >= 11 is 1.03. The molecule has 11 heteroatoms. The van der Waals surface area contributed by atoms with Crippen LogP contribution in [0.25, 0.3) is 5.57 Å². The van der Waals surface area contributed by atoms with Gasteiger partial charge in [-0.3, -0.25) is 23.9 Å². The van der Waals surface area contributed by atoms with E-state index in [1.807, 2.05) is 0 Å². The summed E-state index contributed by atoms with van der Waals surface area (Å²) in [5.41, 5.74) is 1.71. The van der Waals surface area contributed by atoms with Gasteiger partial charge in [0.05, 0.1) is 42.3 Å². The Hall–Kier alpha value is -4.51. The van der Waals surface area contributed by atoms with Crippen LogP contribution in [-0.4, -0.2) is 47.8 Å². The van der Waals surface area contributed by atoms with E-state index >= 15 is 0 Å². The Morgan fingerprint density at radius 1 is 1.11 bits per heavy atom. The average Bonchev–Trinajstić information content (AvgIpc) is 3.35. The fraction of sp³-hybridized carbons (Fsp3) is 0.222. The highest BCUT2D eigenvalue weighted by Gasteiger charge is 2.37. The van der Waals surface area contributed by atoms with E-state index < -0.39 is 36.0 Å². The Morgan fingerprint density at radius 2 is 1.82 bits per heavy atom. The highest BCUT2D eigenvalue weighted by atomic mass is 32.1. The number of methoxy groups -OCH3 is 1. The molecule has 2 aliphatic heterocycles. The lowest BCUT2D eigenvalue weighted by Crippen LogP contribution is -2.41. The molecular weight excluding hydrogens is 510 g/mol. The molecule has 0 radical (unpaired) electrons. The summed E-state index contributed by atoms with van der Waals surface area (Å²) in [5, 5.41) is 9.37. The number of carbonyl (C=O) groups is 3. The molecule has 0 saturated heterocycles. The van der Waals surface area contributed by atoms with Gasteiger partial charge in [0.2, 0.25) is 0 Å². The van der Waals surface area contributed by atoms with Crippen LogP contribution >= 0.6 is 11.3 Å². The van der Waals surface area contributed by atoms with Crippen molar-refractivity contribution in [1.29, 1.82) is 0 Å². The Labute approximate surface area is 220 Å². The number of para-hydroxylation sites is 1. The summed E-state index contributed by atoms with van der Waals surface area (Å²) in [6.45, 7) is 2.97. The van der Waals surface area contributed by atoms with Gasteiger partial charge in [-0.1, -0.05) is 41.7 Å². The lowest BCUT2D eigenvalue weighted by molar-refractivity contribution is -0.139. The number of anilines is 1. The highest BCUT2D eigenvalue weighted by Crippen LogP contribution is 2.35. The molecule has 3 aromatic rings. The number of hydrogen-bond donors (Lipinski definition) is 1. The number of carbonyl (C=O) groups excluding carboxylic acids is 2. The monoisotopic (exact) mass is 533 g/mol. The van der Waals surface area contributed by atoms with Crippen LogP contribution in [0.2, 0.25) is 0 Å². The molecule has 1 N–H and O–H groups in total. The summed E-state index contributed by atoms with van der Waals surface area (Å²) in [6.07, 6.45) is 0. The number of benzene rings is 2. The third kappa shape index (κ3) is 4.01. The minimum Gasteiger partial charge on any atom is -0.497 e. The molecule has 0 bridgehead atoms. The van der Waals surface area contributed by atoms with Crippen molar-refractivity contribution in [3.05, 3.63) is 90.6 Å². The Kier molecular flexibility index (Phi) is 6.45. The SMILES string of the molecule is CCOC(=O)C1=C(C)N=c2sc(=C3C(=O)N(CC(=O)O)c4ccccc43)c(=O)n2C1c1ccc(OC)cc1. The fourth-order valence-electron chi connectivity index (χ4n) is 4.74. The topological polar surface area (TPSA) is 128 Å². The summed E-state index contributed by atoms with van der Waals surface area (Å²) in [7, 11) is 1.54. The van der Waals surface area contributed by atoms with Gasteiger partial charge in [0.1, 0.15) is 16.8 Å². The molecule has 0 spiro atoms. The second kappa shape index (κ2) is 9.75. The first-order valence-corrected chi connectivity index (χ1v) is 12.6. The van der Waals surface area contributed by atoms with Gasteiger partial charge in [-0.25, -0.2) is 9.79 Å². The zero-order valence-corrected chi connectivity index (χ0v) is 21.6. The molecule has 0 aliphatic carbocycles. The van der Waals surface area contributed by atoms with Crippen LogP contribution in [0.1, 0.15) is 31.0 Å². The lowest BCUT2D eigenvalue weighted by Gasteiger charge is -2.24. The number of allylic oxidation sites excluding steroid dienone is 1. The number of fused-ring (bicyclic) bond motifs is 2. The summed E-state index contributed by atoms with van der Waals surface area (Å²) in [6, 6.07) is 12.9. The summed E-state index contributed by atoms with van der Waals surface area (Å²) < 4.78 is 12.1. The van der Waals surface area contributed by atoms with Crippen molar-refractivity contribution < 1.29 is 29.0 Å². The van der Waals surface area contributed by atoms with Crippen LogP contribution in [0.5, 0.6) is 5.75 Å². The molecule has 1 unspecified atom stereocenters. The first kappa shape index (κ1) is 25.2. The van der Waals surface area contributed by atoms with Gasteiger partial charge in [-0.15, -0.1) is 0 Å². The van der Waals surface area contributed by atoms with E-state index in [1.54, 1.807) is 62.4 Å². The minimum atomic E-state index is -1.18. The Morgan fingerprint density at radius 3 is 2.47 bits per heavy atom. The average molecular weight is 534 g/mol. The number of carboxylic acids is 1. The fourth-order valence-corrected chi connectivity index (χ4v) is 5.87. The lowest BCUT2D eigenvalue weighted by atomic mass is 9.96. The molecule has 0 saturated carbocycles. The van der Waals surface area contributed by atoms with Crippen molar-refractivity contribution in [3.63, 3.8) is 0 Å². The summed E-state index contributed by atoms with van der Waals surface area (Å²) in [4.78, 5) is 58.0. The van der Waals surface area contributed by atoms with Crippen molar-refractivity contribution in [3.8, 4) is 5.75 Å². The van der Waals surface area contributed by atoms with Crippen molar-refractivity contribution in [2.75, 3.05) is 25.2 Å². The second-order valence-corrected chi connectivity index (χ2v) is 9.55. The van der Waals surface area contributed by atoms with Crippen molar-refractivity contribution >= 4 is 40.4 Å². The van der Waals surface area contributed by atoms with E-state index in [0.717, 1.165) is 16.2 Å². The molecule has 10 nitrogen and oxygen atoms in total. The number of ether oxygens (including phenoxy) is 2. The maximum Gasteiger partial charge on any atom is 0.338 e. The maximum atomic E-state index is 14.0. The molecule has 2 aliphatic rings. The molecule has 194 valence electrons. The van der Waals surface area contributed by atoms with Gasteiger partial charge >= 0.3 is 11.9 Å². The van der Waals surface area contributed by atoms with E-state index in [-0.39, 0.29) is 22.3 Å². The standard InChI is InChI=1S/C27H23N3O7S/c1-4-37-26(35)20-14(2)28-27-30(22(20)15-9-11-16(36-3)12-10-15)25(34)23(38-27)21-17-7-5-6-8-18(17)29(24(21)33)13-19(31)32/h5-12,22H,4,13H2,1-3H3,(H,31,32). The van der Waals surface area contributed by atoms with Gasteiger partial charge in [0.15, 0.2) is 4.80 Å². The quantitative estimate of drug-likeness (QED) is 0.477. The molecule has 1 amide bonds. The van der Waals surface area contributed by atoms with Gasteiger partial charge in [0.25, 0.3) is 11.5 Å². The minimum absolute atomic E-state index is 0.109. The number of esters is 1. The van der Waals surface area contributed by atoms with E-state index in [0.29, 0.717) is 33.1 Å². The largest absolute Gasteiger partial charge is 0.497 e. The number of rotatable bonds is 6. The molecule has 0 fully saturated rings. The molecule has 2 aromatic carbocycles. The molecule has 38 heavy (non-hydrogen) atoms. The van der Waals surface area contributed by atoms with E-state index in [2.05, 4.69) is 4.99 Å². The van der Waals surface area contributed by atoms with E-state index in [4.69, 9.17) is 9.47 Å². The predicted octanol–water partition coefficient (Wildman–Crippen LogP) is 1.61. The van der Waals surface area contributed by atoms with E-state index in [9.17, 15) is 24.3 Å². The first-order valence-electron chi connectivity index (χ1n) is 11.8. The van der Waals surface area contributed by atoms with Crippen LogP contribution < -0.4 is 24.5 Å². The number of hydrogen-bond acceptors (Lipinski definition) is 8. The van der Waals surface area contributed by atoms with Crippen LogP contribution in [0, 0.1) is 0 Å². The maximum absolute atomic E-state index is 14.0. The summed E-state index contributed by atoms with van der Waals surface area (Å²) in [5.74, 6) is -1.75. The molecule has 1 aromatic heterocycles. The third-order valence-electron chi connectivity index (χ3n) is 6.37. The zero-order valence-electron chi connectivity index (χ0n) is 20.8. The Bertz CT molecular complexity index is 1700. The molecule has 5 rings (SSSR count). The second-order valence-electron chi connectivity index (χ2n) is 8.57. The van der Waals surface area contributed by atoms with Crippen LogP contribution in [0.3, 0.4) is 0 Å². The smallest absolute Gasteiger partial charge is 0.338 e. The van der Waals surface area contributed by atoms with Crippen molar-refractivity contribution in [2.24, 2.45) is 4.99 Å². The van der Waals surface area contributed by atoms with Gasteiger partial charge < -0.3 is 14.6 Å².